The first-order valence-corrected chi connectivity index (χ1v) is 13.1. The third-order valence-corrected chi connectivity index (χ3v) is 9.41. The van der Waals surface area contributed by atoms with Gasteiger partial charge in [-0.25, -0.2) is 10.3 Å². The van der Waals surface area contributed by atoms with E-state index in [1.807, 2.05) is 6.07 Å². The lowest BCUT2D eigenvalue weighted by Gasteiger charge is -2.46. The van der Waals surface area contributed by atoms with Crippen molar-refractivity contribution >= 4 is 29.6 Å². The van der Waals surface area contributed by atoms with Crippen LogP contribution in [0.25, 0.3) is 0 Å². The van der Waals surface area contributed by atoms with Gasteiger partial charge in [0.15, 0.2) is 12.0 Å². The van der Waals surface area contributed by atoms with E-state index >= 15 is 0 Å². The number of nitrogens with two attached hydrogens (primary N) is 2. The summed E-state index contributed by atoms with van der Waals surface area (Å²) in [6, 6.07) is 2.90. The summed E-state index contributed by atoms with van der Waals surface area (Å²) in [6.07, 6.45) is 4.35. The van der Waals surface area contributed by atoms with Crippen molar-refractivity contribution in [2.75, 3.05) is 13.1 Å². The van der Waals surface area contributed by atoms with Crippen LogP contribution in [0.4, 0.5) is 0 Å². The Morgan fingerprint density at radius 1 is 1.16 bits per heavy atom. The van der Waals surface area contributed by atoms with Crippen molar-refractivity contribution < 1.29 is 29.6 Å². The molecular weight excluding hydrogens is 492 g/mol. The van der Waals surface area contributed by atoms with Crippen LogP contribution in [-0.2, 0) is 21.4 Å². The Bertz CT molecular complexity index is 1340. The molecule has 1 aromatic rings. The second-order valence-corrected chi connectivity index (χ2v) is 11.4. The number of carbonyl (C=O) groups excluding carboxylic acids is 3. The molecule has 1 saturated carbocycles. The summed E-state index contributed by atoms with van der Waals surface area (Å²) in [7, 11) is 0. The molecule has 2 spiro atoms. The lowest BCUT2D eigenvalue weighted by molar-refractivity contribution is -0.521. The fourth-order valence-corrected chi connectivity index (χ4v) is 7.31. The number of imide groups is 1. The van der Waals surface area contributed by atoms with Crippen LogP contribution in [-0.4, -0.2) is 92.3 Å². The first kappa shape index (κ1) is 23.4. The number of carbonyl (C=O) groups is 3. The molecule has 3 fully saturated rings. The van der Waals surface area contributed by atoms with Crippen molar-refractivity contribution in [2.24, 2.45) is 16.5 Å². The fourth-order valence-electron chi connectivity index (χ4n) is 7.31. The predicted octanol–water partition coefficient (Wildman–Crippen LogP) is -4.33. The number of aliphatic imine (C=N–C) groups is 1. The number of amides is 3. The Kier molecular flexibility index (Phi) is 4.59. The van der Waals surface area contributed by atoms with E-state index in [4.69, 9.17) is 11.5 Å². The Labute approximate surface area is 217 Å². The highest BCUT2D eigenvalue weighted by molar-refractivity contribution is 6.02. The predicted molar refractivity (Wildman–Crippen MR) is 132 cm³/mol. The summed E-state index contributed by atoms with van der Waals surface area (Å²) >= 11 is 0. The fraction of sp³-hybridized carbons (Fsp3) is 0.560. The number of guanidine groups is 2. The van der Waals surface area contributed by atoms with Gasteiger partial charge in [-0.05, 0) is 48.3 Å². The van der Waals surface area contributed by atoms with Crippen LogP contribution in [0.5, 0.6) is 0 Å². The summed E-state index contributed by atoms with van der Waals surface area (Å²) in [5, 5.41) is 29.1. The first-order chi connectivity index (χ1) is 18.1. The van der Waals surface area contributed by atoms with Gasteiger partial charge in [-0.15, -0.1) is 0 Å². The molecule has 2 aliphatic carbocycles. The zero-order valence-electron chi connectivity index (χ0n) is 20.7. The first-order valence-electron chi connectivity index (χ1n) is 13.1. The van der Waals surface area contributed by atoms with Crippen LogP contribution >= 0.6 is 0 Å². The number of nitrogens with one attached hydrogen (secondary N) is 3. The van der Waals surface area contributed by atoms with E-state index in [1.54, 1.807) is 6.07 Å². The maximum atomic E-state index is 13.5. The molecule has 1 aromatic carbocycles. The Hall–Kier alpha value is -3.71. The van der Waals surface area contributed by atoms with E-state index < -0.39 is 35.5 Å². The van der Waals surface area contributed by atoms with Gasteiger partial charge in [0.25, 0.3) is 11.6 Å². The Morgan fingerprint density at radius 3 is 2.61 bits per heavy atom. The number of aliphatic hydroxyl groups is 2. The molecule has 0 bridgehead atoms. The quantitative estimate of drug-likeness (QED) is 0.150. The van der Waals surface area contributed by atoms with Gasteiger partial charge in [-0.2, -0.15) is 0 Å². The molecule has 4 heterocycles. The number of fused-ring (bicyclic) bond motifs is 2. The second kappa shape index (κ2) is 7.44. The molecule has 4 atom stereocenters. The van der Waals surface area contributed by atoms with Crippen molar-refractivity contribution in [1.82, 2.24) is 20.4 Å². The SMILES string of the molecule is NC1=N[C@@H](CN2C(=O)CCC2=O)[C@@H]2[NH+]=C(N)N[C@]23N1CC(NC(=O)c1cccc2c1CCC21CC1)C3(O)O. The number of nitrogens with zero attached hydrogens (tertiary/aromatic N) is 3. The number of rotatable bonds is 4. The molecule has 200 valence electrons. The maximum absolute atomic E-state index is 13.5. The highest BCUT2D eigenvalue weighted by atomic mass is 16.5. The molecule has 7 rings (SSSR count). The van der Waals surface area contributed by atoms with Gasteiger partial charge in [0.1, 0.15) is 12.1 Å². The Morgan fingerprint density at radius 2 is 1.89 bits per heavy atom. The molecular formula is C25H31N8O5+. The van der Waals surface area contributed by atoms with Gasteiger partial charge < -0.3 is 21.3 Å². The largest absolute Gasteiger partial charge is 0.370 e. The molecule has 13 nitrogen and oxygen atoms in total. The monoisotopic (exact) mass is 523 g/mol. The van der Waals surface area contributed by atoms with Crippen LogP contribution in [0.2, 0.25) is 0 Å². The molecule has 9 N–H and O–H groups in total. The minimum absolute atomic E-state index is 0.0187. The normalized spacial score (nSPS) is 33.5. The number of hydrogen-bond acceptors (Lipinski definition) is 10. The molecule has 6 aliphatic rings. The Balaban J connectivity index is 1.20. The molecule has 4 aliphatic heterocycles. The average Bonchev–Trinajstić information content (AvgIpc) is 3.18. The van der Waals surface area contributed by atoms with E-state index in [0.717, 1.165) is 36.1 Å². The summed E-state index contributed by atoms with van der Waals surface area (Å²) < 4.78 is 0. The molecule has 13 heteroatoms. The molecule has 38 heavy (non-hydrogen) atoms. The van der Waals surface area contributed by atoms with Gasteiger partial charge in [0, 0.05) is 18.4 Å². The van der Waals surface area contributed by atoms with Crippen LogP contribution in [0, 0.1) is 0 Å². The summed E-state index contributed by atoms with van der Waals surface area (Å²) in [5.41, 5.74) is 13.7. The molecule has 3 amide bonds. The maximum Gasteiger partial charge on any atom is 0.343 e. The molecule has 1 unspecified atom stereocenters. The summed E-state index contributed by atoms with van der Waals surface area (Å²) in [6.45, 7) is -0.147. The zero-order chi connectivity index (χ0) is 26.6. The van der Waals surface area contributed by atoms with Crippen LogP contribution < -0.4 is 27.1 Å². The standard InChI is InChI=1S/C25H30N8O5/c26-21-30-19-15(10-32-17(34)4-5-18(32)35)28-22(27)33-11-16(25(37,38)24(19,33)31-21)29-20(36)13-2-1-3-14-12(13)6-7-23(14)8-9-23/h1-3,15-16,19,37-38H,4-11H2,(H2,27,28)(H,29,36)(H3,26,30,31)/p+1/t15-,16?,19-,24-/m0/s1. The minimum atomic E-state index is -2.56. The van der Waals surface area contributed by atoms with E-state index in [1.165, 1.54) is 10.5 Å². The highest BCUT2D eigenvalue weighted by Crippen LogP contribution is 2.57. The third kappa shape index (κ3) is 2.91. The van der Waals surface area contributed by atoms with Crippen molar-refractivity contribution in [3.8, 4) is 0 Å². The molecule has 2 saturated heterocycles. The molecule has 0 aromatic heterocycles. The van der Waals surface area contributed by atoms with Crippen molar-refractivity contribution in [1.29, 1.82) is 0 Å². The van der Waals surface area contributed by atoms with Gasteiger partial charge in [0.2, 0.25) is 17.6 Å². The van der Waals surface area contributed by atoms with Crippen LogP contribution in [0.15, 0.2) is 23.2 Å². The van der Waals surface area contributed by atoms with E-state index in [9.17, 15) is 24.6 Å². The van der Waals surface area contributed by atoms with Gasteiger partial charge in [-0.3, -0.25) is 34.9 Å². The van der Waals surface area contributed by atoms with Crippen molar-refractivity contribution in [2.45, 2.75) is 73.5 Å². The van der Waals surface area contributed by atoms with Crippen LogP contribution in [0.1, 0.15) is 53.6 Å². The van der Waals surface area contributed by atoms with E-state index in [2.05, 4.69) is 26.7 Å². The minimum Gasteiger partial charge on any atom is -0.370 e. The second-order valence-electron chi connectivity index (χ2n) is 11.4. The van der Waals surface area contributed by atoms with Crippen molar-refractivity contribution in [3.05, 3.63) is 34.9 Å². The number of benzene rings is 1. The zero-order valence-corrected chi connectivity index (χ0v) is 20.7. The van der Waals surface area contributed by atoms with Gasteiger partial charge in [0.05, 0.1) is 13.1 Å². The molecule has 0 radical (unpaired) electrons. The number of likely N-dealkylation sites (tertiary alicyclic amines) is 1. The number of hydrogen-bond donors (Lipinski definition) is 7. The van der Waals surface area contributed by atoms with E-state index in [0.29, 0.717) is 5.56 Å². The lowest BCUT2D eigenvalue weighted by Crippen LogP contribution is -2.90. The third-order valence-electron chi connectivity index (χ3n) is 9.41. The van der Waals surface area contributed by atoms with Gasteiger partial charge in [-0.1, -0.05) is 12.1 Å². The van der Waals surface area contributed by atoms with Crippen molar-refractivity contribution in [3.63, 3.8) is 0 Å². The van der Waals surface area contributed by atoms with E-state index in [-0.39, 0.29) is 55.1 Å². The summed E-state index contributed by atoms with van der Waals surface area (Å²) in [4.78, 5) is 48.2. The van der Waals surface area contributed by atoms with Crippen LogP contribution in [0.3, 0.4) is 0 Å². The smallest absolute Gasteiger partial charge is 0.343 e. The highest BCUT2D eigenvalue weighted by Gasteiger charge is 2.76. The summed E-state index contributed by atoms with van der Waals surface area (Å²) in [5.74, 6) is -3.55. The van der Waals surface area contributed by atoms with Gasteiger partial charge >= 0.3 is 5.96 Å². The topological polar surface area (TPSA) is 201 Å². The average molecular weight is 524 g/mol. The lowest BCUT2D eigenvalue weighted by atomic mass is 9.84.